The Morgan fingerprint density at radius 3 is 2.38 bits per heavy atom. The average molecular weight is 294 g/mol. The van der Waals surface area contributed by atoms with E-state index in [4.69, 9.17) is 5.73 Å². The summed E-state index contributed by atoms with van der Waals surface area (Å²) in [6.45, 7) is 2.82. The van der Waals surface area contributed by atoms with E-state index < -0.39 is 30.4 Å². The molecule has 0 radical (unpaired) electrons. The summed E-state index contributed by atoms with van der Waals surface area (Å²) >= 11 is 0. The molecule has 0 spiro atoms. The van der Waals surface area contributed by atoms with Gasteiger partial charge in [0.1, 0.15) is 6.67 Å². The van der Waals surface area contributed by atoms with E-state index in [0.29, 0.717) is 6.42 Å². The molecule has 116 valence electrons. The van der Waals surface area contributed by atoms with Gasteiger partial charge in [-0.1, -0.05) is 44.2 Å². The van der Waals surface area contributed by atoms with Crippen LogP contribution < -0.4 is 11.1 Å². The lowest BCUT2D eigenvalue weighted by Crippen LogP contribution is -2.50. The summed E-state index contributed by atoms with van der Waals surface area (Å²) in [6, 6.07) is 7.63. The van der Waals surface area contributed by atoms with Crippen molar-refractivity contribution in [3.63, 3.8) is 0 Å². The fourth-order valence-corrected chi connectivity index (χ4v) is 2.08. The zero-order valence-corrected chi connectivity index (χ0v) is 12.5. The number of halogens is 1. The Labute approximate surface area is 124 Å². The van der Waals surface area contributed by atoms with Gasteiger partial charge in [0.25, 0.3) is 0 Å². The van der Waals surface area contributed by atoms with Gasteiger partial charge in [-0.05, 0) is 24.3 Å². The van der Waals surface area contributed by atoms with Gasteiger partial charge in [-0.25, -0.2) is 4.39 Å². The third-order valence-corrected chi connectivity index (χ3v) is 3.18. The van der Waals surface area contributed by atoms with Crippen LogP contribution in [-0.4, -0.2) is 30.4 Å². The summed E-state index contributed by atoms with van der Waals surface area (Å²) < 4.78 is 12.7. The average Bonchev–Trinajstić information content (AvgIpc) is 2.46. The van der Waals surface area contributed by atoms with Crippen LogP contribution in [0.5, 0.6) is 0 Å². The second kappa shape index (κ2) is 8.52. The van der Waals surface area contributed by atoms with Gasteiger partial charge < -0.3 is 11.1 Å². The van der Waals surface area contributed by atoms with Crippen LogP contribution in [-0.2, 0) is 16.0 Å². The molecule has 3 N–H and O–H groups in total. The number of benzene rings is 1. The highest BCUT2D eigenvalue weighted by atomic mass is 19.1. The maximum atomic E-state index is 12.7. The molecule has 0 heterocycles. The summed E-state index contributed by atoms with van der Waals surface area (Å²) in [7, 11) is 0. The molecule has 1 amide bonds. The third-order valence-electron chi connectivity index (χ3n) is 3.18. The Bertz CT molecular complexity index is 463. The van der Waals surface area contributed by atoms with Crippen molar-refractivity contribution in [1.82, 2.24) is 5.32 Å². The third kappa shape index (κ3) is 6.04. The maximum Gasteiger partial charge on any atom is 0.237 e. The minimum atomic E-state index is -1.10. The van der Waals surface area contributed by atoms with Crippen molar-refractivity contribution < 1.29 is 14.0 Å². The molecular formula is C16H23FN2O2. The van der Waals surface area contributed by atoms with Crippen LogP contribution in [0.4, 0.5) is 4.39 Å². The van der Waals surface area contributed by atoms with Crippen LogP contribution in [0.15, 0.2) is 30.3 Å². The fraction of sp³-hybridized carbons (Fsp3) is 0.500. The zero-order chi connectivity index (χ0) is 15.8. The number of carbonyl (C=O) groups excluding carboxylic acids is 2. The number of rotatable bonds is 8. The number of nitrogens with one attached hydrogen (secondary N) is 1. The first-order valence-corrected chi connectivity index (χ1v) is 7.12. The molecule has 0 saturated carbocycles. The molecule has 0 fully saturated rings. The van der Waals surface area contributed by atoms with Gasteiger partial charge in [-0.3, -0.25) is 9.59 Å². The van der Waals surface area contributed by atoms with Crippen LogP contribution in [0.3, 0.4) is 0 Å². The van der Waals surface area contributed by atoms with Crippen molar-refractivity contribution in [3.8, 4) is 0 Å². The number of hydrogen-bond donors (Lipinski definition) is 2. The summed E-state index contributed by atoms with van der Waals surface area (Å²) in [4.78, 5) is 23.7. The highest BCUT2D eigenvalue weighted by molar-refractivity contribution is 5.91. The van der Waals surface area contributed by atoms with E-state index in [0.717, 1.165) is 5.56 Å². The van der Waals surface area contributed by atoms with E-state index >= 15 is 0 Å². The monoisotopic (exact) mass is 294 g/mol. The highest BCUT2D eigenvalue weighted by Crippen LogP contribution is 2.07. The molecule has 0 bridgehead atoms. The van der Waals surface area contributed by atoms with Crippen LogP contribution in [0.2, 0.25) is 0 Å². The maximum absolute atomic E-state index is 12.7. The summed E-state index contributed by atoms with van der Waals surface area (Å²) in [5.41, 5.74) is 6.65. The predicted molar refractivity (Wildman–Crippen MR) is 80.5 cm³/mol. The van der Waals surface area contributed by atoms with Gasteiger partial charge in [0.2, 0.25) is 5.91 Å². The largest absolute Gasteiger partial charge is 0.344 e. The normalized spacial score (nSPS) is 13.8. The zero-order valence-electron chi connectivity index (χ0n) is 12.5. The number of alkyl halides is 1. The van der Waals surface area contributed by atoms with Crippen molar-refractivity contribution in [2.24, 2.45) is 11.7 Å². The number of hydrogen-bond acceptors (Lipinski definition) is 3. The van der Waals surface area contributed by atoms with Crippen LogP contribution >= 0.6 is 0 Å². The number of Topliss-reactive ketones (excluding diaryl/α,β-unsaturated/α-hetero) is 1. The first-order valence-electron chi connectivity index (χ1n) is 7.12. The number of amides is 1. The topological polar surface area (TPSA) is 72.2 Å². The molecule has 0 aliphatic rings. The molecular weight excluding hydrogens is 271 g/mol. The molecule has 0 aliphatic carbocycles. The summed E-state index contributed by atoms with van der Waals surface area (Å²) in [5.74, 6) is -0.773. The predicted octanol–water partition coefficient (Wildman–Crippen LogP) is 1.63. The van der Waals surface area contributed by atoms with Gasteiger partial charge in [0, 0.05) is 0 Å². The van der Waals surface area contributed by atoms with Crippen molar-refractivity contribution in [2.45, 2.75) is 38.8 Å². The van der Waals surface area contributed by atoms with Gasteiger partial charge >= 0.3 is 0 Å². The Morgan fingerprint density at radius 1 is 1.24 bits per heavy atom. The molecule has 0 aliphatic heterocycles. The minimum Gasteiger partial charge on any atom is -0.344 e. The lowest BCUT2D eigenvalue weighted by molar-refractivity contribution is -0.129. The van der Waals surface area contributed by atoms with Gasteiger partial charge in [0.05, 0.1) is 12.1 Å². The van der Waals surface area contributed by atoms with E-state index in [-0.39, 0.29) is 12.3 Å². The van der Waals surface area contributed by atoms with Crippen molar-refractivity contribution in [2.75, 3.05) is 6.67 Å². The summed E-state index contributed by atoms with van der Waals surface area (Å²) in [5, 5.41) is 2.57. The smallest absolute Gasteiger partial charge is 0.237 e. The van der Waals surface area contributed by atoms with E-state index in [1.807, 2.05) is 44.2 Å². The van der Waals surface area contributed by atoms with Crippen LogP contribution in [0.1, 0.15) is 25.8 Å². The lowest BCUT2D eigenvalue weighted by Gasteiger charge is -2.20. The molecule has 1 rings (SSSR count). The quantitative estimate of drug-likeness (QED) is 0.765. The Kier molecular flexibility index (Phi) is 7.02. The van der Waals surface area contributed by atoms with Gasteiger partial charge in [-0.2, -0.15) is 0 Å². The molecule has 1 aromatic rings. The Morgan fingerprint density at radius 2 is 1.86 bits per heavy atom. The van der Waals surface area contributed by atoms with E-state index in [1.54, 1.807) is 0 Å². The highest BCUT2D eigenvalue weighted by Gasteiger charge is 2.24. The summed E-state index contributed by atoms with van der Waals surface area (Å²) in [6.07, 6.45) is 0.789. The molecule has 0 saturated heterocycles. The van der Waals surface area contributed by atoms with Crippen molar-refractivity contribution in [3.05, 3.63) is 35.9 Å². The van der Waals surface area contributed by atoms with Gasteiger partial charge in [-0.15, -0.1) is 0 Å². The molecule has 2 atom stereocenters. The molecule has 0 aromatic heterocycles. The number of ketones is 1. The van der Waals surface area contributed by atoms with Gasteiger partial charge in [0.15, 0.2) is 5.78 Å². The minimum absolute atomic E-state index is 0.268. The Balaban J connectivity index is 2.70. The number of nitrogens with two attached hydrogens (primary N) is 1. The molecule has 5 heteroatoms. The molecule has 1 aromatic carbocycles. The fourth-order valence-electron chi connectivity index (χ4n) is 2.08. The molecule has 0 unspecified atom stereocenters. The van der Waals surface area contributed by atoms with E-state index in [9.17, 15) is 14.0 Å². The van der Waals surface area contributed by atoms with Crippen molar-refractivity contribution in [1.29, 1.82) is 0 Å². The first-order chi connectivity index (χ1) is 9.93. The Hall–Kier alpha value is -1.75. The van der Waals surface area contributed by atoms with E-state index in [1.165, 1.54) is 0 Å². The number of carbonyl (C=O) groups is 2. The second-order valence-electron chi connectivity index (χ2n) is 5.59. The lowest BCUT2D eigenvalue weighted by atomic mass is 10.0. The van der Waals surface area contributed by atoms with E-state index in [2.05, 4.69) is 5.32 Å². The van der Waals surface area contributed by atoms with Crippen LogP contribution in [0.25, 0.3) is 0 Å². The van der Waals surface area contributed by atoms with Crippen LogP contribution in [0, 0.1) is 5.92 Å². The second-order valence-corrected chi connectivity index (χ2v) is 5.59. The SMILES string of the molecule is CC(C)C[C@H](N)C(=O)N[C@H](Cc1ccccc1)C(=O)CF. The standard InChI is InChI=1S/C16H23FN2O2/c1-11(2)8-13(18)16(21)19-14(15(20)10-17)9-12-6-4-3-5-7-12/h3-7,11,13-14H,8-10,18H2,1-2H3,(H,19,21)/t13-,14+/m0/s1. The van der Waals surface area contributed by atoms with Crippen molar-refractivity contribution >= 4 is 11.7 Å². The first kappa shape index (κ1) is 17.3. The molecule has 4 nitrogen and oxygen atoms in total. The molecule has 21 heavy (non-hydrogen) atoms.